The highest BCUT2D eigenvalue weighted by molar-refractivity contribution is 7.93. The first-order valence-corrected chi connectivity index (χ1v) is 7.01. The molecule has 17 heavy (non-hydrogen) atoms. The fraction of sp³-hybridized carbons (Fsp3) is 0.111. The van der Waals surface area contributed by atoms with Gasteiger partial charge in [0.05, 0.1) is 10.2 Å². The van der Waals surface area contributed by atoms with Gasteiger partial charge in [-0.3, -0.25) is 9.52 Å². The van der Waals surface area contributed by atoms with Crippen LogP contribution in [-0.4, -0.2) is 30.2 Å². The number of thiazole rings is 1. The third kappa shape index (κ3) is 2.92. The number of anilines is 1. The molecule has 0 fully saturated rings. The number of sulfonamides is 1. The van der Waals surface area contributed by atoms with Crippen LogP contribution < -0.4 is 4.72 Å². The topological polar surface area (TPSA) is 96.4 Å². The van der Waals surface area contributed by atoms with Gasteiger partial charge in [0.25, 0.3) is 0 Å². The molecule has 0 saturated carbocycles. The zero-order valence-electron chi connectivity index (χ0n) is 8.45. The average Bonchev–Trinajstić information content (AvgIpc) is 2.55. The fourth-order valence-corrected chi connectivity index (χ4v) is 3.22. The predicted octanol–water partition coefficient (Wildman–Crippen LogP) is 1.12. The number of aromatic nitrogens is 1. The first-order chi connectivity index (χ1) is 7.96. The fourth-order valence-electron chi connectivity index (χ4n) is 1.25. The van der Waals surface area contributed by atoms with Crippen LogP contribution in [0.1, 0.15) is 0 Å². The van der Waals surface area contributed by atoms with Crippen LogP contribution in [0, 0.1) is 0 Å². The third-order valence-corrected chi connectivity index (χ3v) is 4.06. The van der Waals surface area contributed by atoms with Gasteiger partial charge in [-0.25, -0.2) is 13.4 Å². The average molecular weight is 272 g/mol. The maximum atomic E-state index is 11.4. The van der Waals surface area contributed by atoms with E-state index in [1.54, 1.807) is 12.1 Å². The van der Waals surface area contributed by atoms with E-state index in [2.05, 4.69) is 9.71 Å². The van der Waals surface area contributed by atoms with Gasteiger partial charge in [-0.2, -0.15) is 0 Å². The molecule has 0 aliphatic heterocycles. The van der Waals surface area contributed by atoms with Crippen molar-refractivity contribution < 1.29 is 18.3 Å². The summed E-state index contributed by atoms with van der Waals surface area (Å²) in [5, 5.41) is 8.60. The molecule has 0 aliphatic rings. The second-order valence-electron chi connectivity index (χ2n) is 3.24. The quantitative estimate of drug-likeness (QED) is 0.869. The van der Waals surface area contributed by atoms with Crippen molar-refractivity contribution in [2.75, 3.05) is 10.5 Å². The van der Waals surface area contributed by atoms with E-state index in [0.29, 0.717) is 5.52 Å². The molecule has 0 atom stereocenters. The second kappa shape index (κ2) is 4.30. The number of hydrogen-bond donors (Lipinski definition) is 2. The third-order valence-electron chi connectivity index (χ3n) is 1.85. The Labute approximate surface area is 101 Å². The Hall–Kier alpha value is -1.67. The molecule has 2 aromatic rings. The van der Waals surface area contributed by atoms with Gasteiger partial charge in [0.2, 0.25) is 10.0 Å². The predicted molar refractivity (Wildman–Crippen MR) is 64.7 cm³/mol. The molecule has 0 aliphatic carbocycles. The first kappa shape index (κ1) is 11.8. The van der Waals surface area contributed by atoms with Crippen molar-refractivity contribution in [3.8, 4) is 0 Å². The van der Waals surface area contributed by atoms with Crippen LogP contribution in [0.25, 0.3) is 10.2 Å². The SMILES string of the molecule is O=C(O)CS(=O)(=O)Nc1nc2ccccc2s1. The van der Waals surface area contributed by atoms with E-state index in [9.17, 15) is 13.2 Å². The van der Waals surface area contributed by atoms with Crippen molar-refractivity contribution in [1.82, 2.24) is 4.98 Å². The number of aliphatic carboxylic acids is 1. The summed E-state index contributed by atoms with van der Waals surface area (Å²) < 4.78 is 25.7. The molecule has 90 valence electrons. The number of carboxylic acids is 1. The number of carbonyl (C=O) groups is 1. The zero-order chi connectivity index (χ0) is 12.5. The van der Waals surface area contributed by atoms with E-state index in [1.807, 2.05) is 12.1 Å². The largest absolute Gasteiger partial charge is 0.480 e. The van der Waals surface area contributed by atoms with Gasteiger partial charge >= 0.3 is 5.97 Å². The Balaban J connectivity index is 2.27. The number of carboxylic acid groups (broad SMARTS) is 1. The molecular formula is C9H8N2O4S2. The van der Waals surface area contributed by atoms with E-state index in [0.717, 1.165) is 16.0 Å². The van der Waals surface area contributed by atoms with Crippen molar-refractivity contribution in [3.05, 3.63) is 24.3 Å². The monoisotopic (exact) mass is 272 g/mol. The summed E-state index contributed by atoms with van der Waals surface area (Å²) >= 11 is 1.16. The van der Waals surface area contributed by atoms with Crippen LogP contribution in [-0.2, 0) is 14.8 Å². The van der Waals surface area contributed by atoms with Gasteiger partial charge in [-0.05, 0) is 12.1 Å². The van der Waals surface area contributed by atoms with Crippen molar-refractivity contribution in [3.63, 3.8) is 0 Å². The maximum Gasteiger partial charge on any atom is 0.320 e. The van der Waals surface area contributed by atoms with Gasteiger partial charge < -0.3 is 5.11 Å². The molecule has 0 amide bonds. The van der Waals surface area contributed by atoms with Crippen molar-refractivity contribution >= 4 is 42.7 Å². The number of hydrogen-bond acceptors (Lipinski definition) is 5. The highest BCUT2D eigenvalue weighted by atomic mass is 32.2. The molecule has 1 aromatic carbocycles. The van der Waals surface area contributed by atoms with E-state index >= 15 is 0 Å². The maximum absolute atomic E-state index is 11.4. The number of para-hydroxylation sites is 1. The molecule has 0 radical (unpaired) electrons. The van der Waals surface area contributed by atoms with Crippen LogP contribution in [0.2, 0.25) is 0 Å². The van der Waals surface area contributed by atoms with Crippen molar-refractivity contribution in [2.24, 2.45) is 0 Å². The van der Waals surface area contributed by atoms with Crippen molar-refractivity contribution in [1.29, 1.82) is 0 Å². The minimum absolute atomic E-state index is 0.174. The number of nitrogens with one attached hydrogen (secondary N) is 1. The number of fused-ring (bicyclic) bond motifs is 1. The molecule has 2 rings (SSSR count). The molecule has 6 nitrogen and oxygen atoms in total. The van der Waals surface area contributed by atoms with Gasteiger partial charge in [0.15, 0.2) is 10.9 Å². The summed E-state index contributed by atoms with van der Waals surface area (Å²) in [6, 6.07) is 7.16. The second-order valence-corrected chi connectivity index (χ2v) is 5.99. The minimum atomic E-state index is -3.88. The zero-order valence-corrected chi connectivity index (χ0v) is 10.1. The van der Waals surface area contributed by atoms with Crippen molar-refractivity contribution in [2.45, 2.75) is 0 Å². The van der Waals surface area contributed by atoms with Crippen LogP contribution >= 0.6 is 11.3 Å². The number of nitrogens with zero attached hydrogens (tertiary/aromatic N) is 1. The highest BCUT2D eigenvalue weighted by Gasteiger charge is 2.17. The summed E-state index contributed by atoms with van der Waals surface area (Å²) in [5.74, 6) is -2.37. The minimum Gasteiger partial charge on any atom is -0.480 e. The standard InChI is InChI=1S/C9H8N2O4S2/c12-8(13)5-17(14,15)11-9-10-6-3-1-2-4-7(6)16-9/h1-4H,5H2,(H,10,11)(H,12,13). The lowest BCUT2D eigenvalue weighted by Crippen LogP contribution is -2.22. The Morgan fingerprint density at radius 3 is 2.76 bits per heavy atom. The summed E-state index contributed by atoms with van der Waals surface area (Å²) in [7, 11) is -3.88. The van der Waals surface area contributed by atoms with Gasteiger partial charge in [-0.15, -0.1) is 0 Å². The summed E-state index contributed by atoms with van der Waals surface area (Å²) in [6.45, 7) is 0. The molecular weight excluding hydrogens is 264 g/mol. The molecule has 1 heterocycles. The summed E-state index contributed by atoms with van der Waals surface area (Å²) in [5.41, 5.74) is 0.672. The molecule has 2 N–H and O–H groups in total. The Kier molecular flexibility index (Phi) is 2.99. The van der Waals surface area contributed by atoms with E-state index in [-0.39, 0.29) is 5.13 Å². The van der Waals surface area contributed by atoms with Gasteiger partial charge in [0.1, 0.15) is 0 Å². The smallest absolute Gasteiger partial charge is 0.320 e. The van der Waals surface area contributed by atoms with Crippen LogP contribution in [0.4, 0.5) is 5.13 Å². The van der Waals surface area contributed by atoms with Gasteiger partial charge in [0, 0.05) is 0 Å². The first-order valence-electron chi connectivity index (χ1n) is 4.54. The lowest BCUT2D eigenvalue weighted by Gasteiger charge is -2.00. The van der Waals surface area contributed by atoms with E-state index in [4.69, 9.17) is 5.11 Å². The molecule has 0 unspecified atom stereocenters. The highest BCUT2D eigenvalue weighted by Crippen LogP contribution is 2.25. The van der Waals surface area contributed by atoms with Crippen LogP contribution in [0.15, 0.2) is 24.3 Å². The molecule has 0 saturated heterocycles. The normalized spacial score (nSPS) is 11.5. The lowest BCUT2D eigenvalue weighted by molar-refractivity contribution is -0.134. The number of benzene rings is 1. The van der Waals surface area contributed by atoms with Crippen LogP contribution in [0.5, 0.6) is 0 Å². The van der Waals surface area contributed by atoms with Gasteiger partial charge in [-0.1, -0.05) is 23.5 Å². The molecule has 1 aromatic heterocycles. The Bertz CT molecular complexity index is 629. The molecule has 8 heteroatoms. The number of rotatable bonds is 4. The lowest BCUT2D eigenvalue weighted by atomic mass is 10.3. The summed E-state index contributed by atoms with van der Waals surface area (Å²) in [4.78, 5) is 14.4. The Morgan fingerprint density at radius 1 is 1.41 bits per heavy atom. The molecule has 0 bridgehead atoms. The van der Waals surface area contributed by atoms with Crippen LogP contribution in [0.3, 0.4) is 0 Å². The molecule has 0 spiro atoms. The summed E-state index contributed by atoms with van der Waals surface area (Å²) in [6.07, 6.45) is 0. The Morgan fingerprint density at radius 2 is 2.12 bits per heavy atom. The van der Waals surface area contributed by atoms with E-state index < -0.39 is 21.7 Å². The van der Waals surface area contributed by atoms with E-state index in [1.165, 1.54) is 0 Å².